The van der Waals surface area contributed by atoms with E-state index in [2.05, 4.69) is 48.4 Å². The second-order valence-corrected chi connectivity index (χ2v) is 6.98. The summed E-state index contributed by atoms with van der Waals surface area (Å²) in [5.41, 5.74) is 2.24. The molecule has 2 heterocycles. The Bertz CT molecular complexity index is 529. The zero-order valence-electron chi connectivity index (χ0n) is 12.0. The number of hydrogen-bond acceptors (Lipinski definition) is 5. The molecule has 0 spiro atoms. The molecule has 1 N–H and O–H groups in total. The molecule has 0 radical (unpaired) electrons. The Morgan fingerprint density at radius 2 is 2.11 bits per heavy atom. The Balaban J connectivity index is 2.18. The van der Waals surface area contributed by atoms with Gasteiger partial charge in [0.1, 0.15) is 0 Å². The number of nitrogens with zero attached hydrogens (tertiary/aromatic N) is 2. The first-order valence-electron chi connectivity index (χ1n) is 6.79. The van der Waals surface area contributed by atoms with Gasteiger partial charge in [-0.3, -0.25) is 0 Å². The molecule has 0 saturated carbocycles. The van der Waals surface area contributed by atoms with Gasteiger partial charge in [-0.05, 0) is 19.3 Å². The summed E-state index contributed by atoms with van der Waals surface area (Å²) in [4.78, 5) is 10.5. The minimum Gasteiger partial charge on any atom is -0.362 e. The Morgan fingerprint density at radius 3 is 2.79 bits per heavy atom. The van der Waals surface area contributed by atoms with Crippen molar-refractivity contribution in [3.8, 4) is 10.6 Å². The number of anilines is 1. The molecular weight excluding hydrogens is 274 g/mol. The van der Waals surface area contributed by atoms with E-state index in [9.17, 15) is 0 Å². The molecule has 0 saturated heterocycles. The average molecular weight is 295 g/mol. The van der Waals surface area contributed by atoms with Crippen LogP contribution < -0.4 is 5.32 Å². The zero-order valence-corrected chi connectivity index (χ0v) is 13.6. The summed E-state index contributed by atoms with van der Waals surface area (Å²) >= 11 is 3.42. The smallest absolute Gasteiger partial charge is 0.183 e. The number of unbranched alkanes of at least 4 members (excludes halogenated alkanes) is 1. The Hall–Kier alpha value is -0.940. The maximum Gasteiger partial charge on any atom is 0.183 e. The summed E-state index contributed by atoms with van der Waals surface area (Å²) in [6.07, 6.45) is 2.39. The number of hydrogen-bond donors (Lipinski definition) is 1. The third kappa shape index (κ3) is 3.54. The highest BCUT2D eigenvalue weighted by molar-refractivity contribution is 7.16. The fourth-order valence-corrected chi connectivity index (χ4v) is 3.69. The Labute approximate surface area is 123 Å². The largest absolute Gasteiger partial charge is 0.362 e. The average Bonchev–Trinajstić information content (AvgIpc) is 2.96. The molecular formula is C14H21N3S2. The van der Waals surface area contributed by atoms with E-state index in [1.54, 1.807) is 22.7 Å². The standard InChI is InChI=1S/C14H21N3S2/c1-5-6-7-15-14-17-11(8-18-14)13-12(9(2)3)16-10(4)19-13/h8-9H,5-7H2,1-4H3,(H,15,17). The molecule has 0 amide bonds. The predicted molar refractivity (Wildman–Crippen MR) is 85.4 cm³/mol. The molecule has 0 aliphatic heterocycles. The van der Waals surface area contributed by atoms with Crippen LogP contribution in [0.4, 0.5) is 5.13 Å². The molecule has 5 heteroatoms. The van der Waals surface area contributed by atoms with Crippen LogP contribution in [-0.2, 0) is 0 Å². The van der Waals surface area contributed by atoms with Crippen LogP contribution in [0.1, 0.15) is 50.2 Å². The molecule has 0 aromatic carbocycles. The Morgan fingerprint density at radius 1 is 1.32 bits per heavy atom. The lowest BCUT2D eigenvalue weighted by Gasteiger charge is -2.02. The monoisotopic (exact) mass is 295 g/mol. The van der Waals surface area contributed by atoms with Gasteiger partial charge in [-0.15, -0.1) is 22.7 Å². The van der Waals surface area contributed by atoms with E-state index in [1.807, 2.05) is 0 Å². The van der Waals surface area contributed by atoms with Crippen molar-refractivity contribution >= 4 is 27.8 Å². The lowest BCUT2D eigenvalue weighted by Crippen LogP contribution is -2.00. The molecule has 19 heavy (non-hydrogen) atoms. The molecule has 2 aromatic heterocycles. The van der Waals surface area contributed by atoms with Gasteiger partial charge in [-0.2, -0.15) is 0 Å². The molecule has 104 valence electrons. The number of nitrogens with one attached hydrogen (secondary N) is 1. The van der Waals surface area contributed by atoms with E-state index in [1.165, 1.54) is 23.4 Å². The number of aromatic nitrogens is 2. The summed E-state index contributed by atoms with van der Waals surface area (Å²) in [7, 11) is 0. The SMILES string of the molecule is CCCCNc1nc(-c2sc(C)nc2C(C)C)cs1. The lowest BCUT2D eigenvalue weighted by molar-refractivity contribution is 0.829. The van der Waals surface area contributed by atoms with Gasteiger partial charge in [-0.1, -0.05) is 27.2 Å². The van der Waals surface area contributed by atoms with Crippen LogP contribution in [0.3, 0.4) is 0 Å². The van der Waals surface area contributed by atoms with Gasteiger partial charge in [0.2, 0.25) is 0 Å². The van der Waals surface area contributed by atoms with Crippen molar-refractivity contribution in [1.29, 1.82) is 0 Å². The van der Waals surface area contributed by atoms with Gasteiger partial charge in [0.05, 0.1) is 21.3 Å². The predicted octanol–water partition coefficient (Wildman–Crippen LogP) is 4.91. The molecule has 2 aromatic rings. The third-order valence-corrected chi connectivity index (χ3v) is 4.66. The second-order valence-electron chi connectivity index (χ2n) is 4.92. The number of thiazole rings is 2. The van der Waals surface area contributed by atoms with Crippen molar-refractivity contribution < 1.29 is 0 Å². The topological polar surface area (TPSA) is 37.8 Å². The molecule has 0 fully saturated rings. The second kappa shape index (κ2) is 6.48. The first-order valence-corrected chi connectivity index (χ1v) is 8.48. The van der Waals surface area contributed by atoms with Gasteiger partial charge >= 0.3 is 0 Å². The molecule has 3 nitrogen and oxygen atoms in total. The summed E-state index contributed by atoms with van der Waals surface area (Å²) in [6, 6.07) is 0. The highest BCUT2D eigenvalue weighted by Gasteiger charge is 2.16. The maximum absolute atomic E-state index is 4.69. The van der Waals surface area contributed by atoms with Gasteiger partial charge < -0.3 is 5.32 Å². The van der Waals surface area contributed by atoms with E-state index >= 15 is 0 Å². The van der Waals surface area contributed by atoms with E-state index in [4.69, 9.17) is 0 Å². The van der Waals surface area contributed by atoms with Crippen LogP contribution in [0.2, 0.25) is 0 Å². The van der Waals surface area contributed by atoms with Gasteiger partial charge in [0, 0.05) is 11.9 Å². The quantitative estimate of drug-likeness (QED) is 0.769. The number of rotatable bonds is 6. The number of aryl methyl sites for hydroxylation is 1. The van der Waals surface area contributed by atoms with Crippen molar-refractivity contribution in [3.63, 3.8) is 0 Å². The Kier molecular flexibility index (Phi) is 4.93. The molecule has 2 rings (SSSR count). The highest BCUT2D eigenvalue weighted by Crippen LogP contribution is 2.35. The first-order chi connectivity index (χ1) is 9.11. The van der Waals surface area contributed by atoms with E-state index in [0.29, 0.717) is 5.92 Å². The summed E-state index contributed by atoms with van der Waals surface area (Å²) in [5, 5.41) is 7.65. The van der Waals surface area contributed by atoms with Gasteiger partial charge in [-0.25, -0.2) is 9.97 Å². The van der Waals surface area contributed by atoms with Crippen molar-refractivity contribution in [1.82, 2.24) is 9.97 Å². The van der Waals surface area contributed by atoms with Crippen molar-refractivity contribution in [2.24, 2.45) is 0 Å². The molecule has 0 aliphatic rings. The van der Waals surface area contributed by atoms with Gasteiger partial charge in [0.25, 0.3) is 0 Å². The van der Waals surface area contributed by atoms with Gasteiger partial charge in [0.15, 0.2) is 5.13 Å². The van der Waals surface area contributed by atoms with Crippen molar-refractivity contribution in [2.75, 3.05) is 11.9 Å². The van der Waals surface area contributed by atoms with Crippen molar-refractivity contribution in [3.05, 3.63) is 16.1 Å². The van der Waals surface area contributed by atoms with Crippen LogP contribution in [0.25, 0.3) is 10.6 Å². The highest BCUT2D eigenvalue weighted by atomic mass is 32.1. The summed E-state index contributed by atoms with van der Waals surface area (Å²) < 4.78 is 0. The van der Waals surface area contributed by atoms with Crippen molar-refractivity contribution in [2.45, 2.75) is 46.5 Å². The van der Waals surface area contributed by atoms with Crippen LogP contribution >= 0.6 is 22.7 Å². The van der Waals surface area contributed by atoms with Crippen LogP contribution in [0, 0.1) is 6.92 Å². The lowest BCUT2D eigenvalue weighted by atomic mass is 10.1. The summed E-state index contributed by atoms with van der Waals surface area (Å²) in [5.74, 6) is 0.443. The summed E-state index contributed by atoms with van der Waals surface area (Å²) in [6.45, 7) is 9.63. The zero-order chi connectivity index (χ0) is 13.8. The molecule has 0 bridgehead atoms. The van der Waals surface area contributed by atoms with Crippen LogP contribution in [0.5, 0.6) is 0 Å². The minimum atomic E-state index is 0.443. The normalized spacial score (nSPS) is 11.2. The third-order valence-electron chi connectivity index (χ3n) is 2.85. The van der Waals surface area contributed by atoms with Crippen LogP contribution in [-0.4, -0.2) is 16.5 Å². The fourth-order valence-electron chi connectivity index (χ4n) is 1.85. The van der Waals surface area contributed by atoms with Crippen LogP contribution in [0.15, 0.2) is 5.38 Å². The van der Waals surface area contributed by atoms with E-state index < -0.39 is 0 Å². The molecule has 0 atom stereocenters. The fraction of sp³-hybridized carbons (Fsp3) is 0.571. The minimum absolute atomic E-state index is 0.443. The first kappa shape index (κ1) is 14.5. The maximum atomic E-state index is 4.69. The van der Waals surface area contributed by atoms with E-state index in [0.717, 1.165) is 22.4 Å². The van der Waals surface area contributed by atoms with E-state index in [-0.39, 0.29) is 0 Å². The molecule has 0 aliphatic carbocycles. The molecule has 0 unspecified atom stereocenters.